The summed E-state index contributed by atoms with van der Waals surface area (Å²) in [6.07, 6.45) is 1.45. The molecule has 1 unspecified atom stereocenters. The van der Waals surface area contributed by atoms with Crippen LogP contribution in [-0.2, 0) is 11.3 Å². The van der Waals surface area contributed by atoms with Gasteiger partial charge in [-0.2, -0.15) is 0 Å². The zero-order valence-electron chi connectivity index (χ0n) is 11.8. The van der Waals surface area contributed by atoms with E-state index in [0.717, 1.165) is 39.2 Å². The molecule has 4 heteroatoms. The number of ether oxygens (including phenoxy) is 1. The van der Waals surface area contributed by atoms with Gasteiger partial charge in [0.2, 0.25) is 0 Å². The molecule has 0 spiro atoms. The summed E-state index contributed by atoms with van der Waals surface area (Å²) >= 11 is 3.68. The molecule has 0 amide bonds. The number of anilines is 1. The molecule has 1 aromatic rings. The summed E-state index contributed by atoms with van der Waals surface area (Å²) in [6.45, 7) is 9.03. The van der Waals surface area contributed by atoms with Crippen molar-refractivity contribution in [2.24, 2.45) is 0 Å². The van der Waals surface area contributed by atoms with Crippen LogP contribution in [0.1, 0.15) is 25.8 Å². The molecule has 1 heterocycles. The summed E-state index contributed by atoms with van der Waals surface area (Å²) in [5.41, 5.74) is 2.60. The average molecular weight is 327 g/mol. The first-order valence-corrected chi connectivity index (χ1v) is 7.89. The number of halogens is 1. The van der Waals surface area contributed by atoms with Crippen LogP contribution in [0, 0.1) is 0 Å². The van der Waals surface area contributed by atoms with Crippen LogP contribution in [0.2, 0.25) is 0 Å². The van der Waals surface area contributed by atoms with Gasteiger partial charge in [-0.3, -0.25) is 0 Å². The van der Waals surface area contributed by atoms with E-state index < -0.39 is 0 Å². The second kappa shape index (κ2) is 7.27. The lowest BCUT2D eigenvalue weighted by Gasteiger charge is -2.34. The summed E-state index contributed by atoms with van der Waals surface area (Å²) in [5.74, 6) is 0. The predicted molar refractivity (Wildman–Crippen MR) is 83.8 cm³/mol. The summed E-state index contributed by atoms with van der Waals surface area (Å²) < 4.78 is 6.91. The minimum Gasteiger partial charge on any atom is -0.375 e. The maximum Gasteiger partial charge on any atom is 0.0748 e. The lowest BCUT2D eigenvalue weighted by molar-refractivity contribution is 0.0384. The number of hydrogen-bond acceptors (Lipinski definition) is 3. The molecule has 0 aliphatic carbocycles. The van der Waals surface area contributed by atoms with Crippen LogP contribution in [0.15, 0.2) is 22.7 Å². The first-order valence-electron chi connectivity index (χ1n) is 7.10. The van der Waals surface area contributed by atoms with E-state index in [1.54, 1.807) is 0 Å². The van der Waals surface area contributed by atoms with Crippen molar-refractivity contribution in [3.05, 3.63) is 28.2 Å². The fourth-order valence-electron chi connectivity index (χ4n) is 2.34. The summed E-state index contributed by atoms with van der Waals surface area (Å²) in [4.78, 5) is 2.42. The van der Waals surface area contributed by atoms with Crippen LogP contribution in [0.4, 0.5) is 5.69 Å². The Morgan fingerprint density at radius 3 is 2.95 bits per heavy atom. The summed E-state index contributed by atoms with van der Waals surface area (Å²) in [7, 11) is 0. The van der Waals surface area contributed by atoms with Crippen LogP contribution in [-0.4, -0.2) is 32.3 Å². The number of rotatable bonds is 5. The summed E-state index contributed by atoms with van der Waals surface area (Å²) in [6, 6.07) is 6.65. The van der Waals surface area contributed by atoms with Gasteiger partial charge in [0.25, 0.3) is 0 Å². The molecule has 106 valence electrons. The Bertz CT molecular complexity index is 411. The Hall–Kier alpha value is -0.580. The van der Waals surface area contributed by atoms with E-state index in [9.17, 15) is 0 Å². The van der Waals surface area contributed by atoms with Crippen LogP contribution in [0.25, 0.3) is 0 Å². The van der Waals surface area contributed by atoms with E-state index in [2.05, 4.69) is 58.2 Å². The maximum atomic E-state index is 5.72. The third-order valence-electron chi connectivity index (χ3n) is 3.56. The van der Waals surface area contributed by atoms with Crippen molar-refractivity contribution in [2.45, 2.75) is 32.9 Å². The van der Waals surface area contributed by atoms with E-state index in [0.29, 0.717) is 6.10 Å². The van der Waals surface area contributed by atoms with Gasteiger partial charge in [0.1, 0.15) is 0 Å². The van der Waals surface area contributed by atoms with E-state index in [1.807, 2.05) is 0 Å². The van der Waals surface area contributed by atoms with Gasteiger partial charge in [0, 0.05) is 29.8 Å². The second-order valence-corrected chi connectivity index (χ2v) is 5.76. The fraction of sp³-hybridized carbons (Fsp3) is 0.600. The van der Waals surface area contributed by atoms with Gasteiger partial charge in [-0.25, -0.2) is 0 Å². The Morgan fingerprint density at radius 2 is 2.26 bits per heavy atom. The van der Waals surface area contributed by atoms with Crippen molar-refractivity contribution in [3.63, 3.8) is 0 Å². The molecule has 1 aliphatic heterocycles. The molecule has 1 saturated heterocycles. The molecular formula is C15H23BrN2O. The van der Waals surface area contributed by atoms with Gasteiger partial charge < -0.3 is 15.0 Å². The van der Waals surface area contributed by atoms with Crippen molar-refractivity contribution in [3.8, 4) is 0 Å². The van der Waals surface area contributed by atoms with Crippen molar-refractivity contribution < 1.29 is 4.74 Å². The number of morpholine rings is 1. The Kier molecular flexibility index (Phi) is 5.67. The van der Waals surface area contributed by atoms with Gasteiger partial charge in [0.05, 0.1) is 12.7 Å². The highest BCUT2D eigenvalue weighted by molar-refractivity contribution is 9.10. The van der Waals surface area contributed by atoms with Gasteiger partial charge in [-0.05, 0) is 30.7 Å². The lowest BCUT2D eigenvalue weighted by atomic mass is 10.1. The van der Waals surface area contributed by atoms with E-state index >= 15 is 0 Å². The summed E-state index contributed by atoms with van der Waals surface area (Å²) in [5, 5.41) is 3.36. The minimum atomic E-state index is 0.369. The van der Waals surface area contributed by atoms with Crippen molar-refractivity contribution in [1.82, 2.24) is 5.32 Å². The van der Waals surface area contributed by atoms with Crippen LogP contribution >= 0.6 is 15.9 Å². The predicted octanol–water partition coefficient (Wildman–Crippen LogP) is 3.17. The second-order valence-electron chi connectivity index (χ2n) is 4.90. The van der Waals surface area contributed by atoms with Crippen LogP contribution in [0.5, 0.6) is 0 Å². The van der Waals surface area contributed by atoms with E-state index in [1.165, 1.54) is 15.7 Å². The lowest BCUT2D eigenvalue weighted by Crippen LogP contribution is -2.42. The average Bonchev–Trinajstić information content (AvgIpc) is 2.46. The third kappa shape index (κ3) is 3.94. The topological polar surface area (TPSA) is 24.5 Å². The van der Waals surface area contributed by atoms with E-state index in [4.69, 9.17) is 4.74 Å². The van der Waals surface area contributed by atoms with Gasteiger partial charge in [-0.15, -0.1) is 0 Å². The first kappa shape index (κ1) is 14.8. The fourth-order valence-corrected chi connectivity index (χ4v) is 2.84. The molecular weight excluding hydrogens is 304 g/mol. The Labute approximate surface area is 124 Å². The molecule has 1 fully saturated rings. The zero-order chi connectivity index (χ0) is 13.7. The van der Waals surface area contributed by atoms with Gasteiger partial charge >= 0.3 is 0 Å². The molecule has 0 radical (unpaired) electrons. The molecule has 2 rings (SSSR count). The number of benzene rings is 1. The molecule has 0 bridgehead atoms. The van der Waals surface area contributed by atoms with Crippen molar-refractivity contribution in [1.29, 1.82) is 0 Å². The SMILES string of the molecule is CCNCc1ccc(N2CCOC(CC)C2)cc1Br. The molecule has 19 heavy (non-hydrogen) atoms. The van der Waals surface area contributed by atoms with Crippen molar-refractivity contribution in [2.75, 3.05) is 31.1 Å². The molecule has 1 aliphatic rings. The molecule has 3 nitrogen and oxygen atoms in total. The molecule has 0 aromatic heterocycles. The van der Waals surface area contributed by atoms with E-state index in [-0.39, 0.29) is 0 Å². The number of nitrogens with zero attached hydrogens (tertiary/aromatic N) is 1. The largest absolute Gasteiger partial charge is 0.375 e. The molecule has 0 saturated carbocycles. The third-order valence-corrected chi connectivity index (χ3v) is 4.30. The Morgan fingerprint density at radius 1 is 1.42 bits per heavy atom. The normalized spacial score (nSPS) is 19.7. The highest BCUT2D eigenvalue weighted by Gasteiger charge is 2.19. The smallest absolute Gasteiger partial charge is 0.0748 e. The highest BCUT2D eigenvalue weighted by atomic mass is 79.9. The maximum absolute atomic E-state index is 5.72. The van der Waals surface area contributed by atoms with Gasteiger partial charge in [-0.1, -0.05) is 35.8 Å². The van der Waals surface area contributed by atoms with Crippen molar-refractivity contribution >= 4 is 21.6 Å². The first-order chi connectivity index (χ1) is 9.24. The Balaban J connectivity index is 2.06. The number of nitrogens with one attached hydrogen (secondary N) is 1. The minimum absolute atomic E-state index is 0.369. The highest BCUT2D eigenvalue weighted by Crippen LogP contribution is 2.26. The monoisotopic (exact) mass is 326 g/mol. The van der Waals surface area contributed by atoms with Crippen LogP contribution < -0.4 is 10.2 Å². The quantitative estimate of drug-likeness (QED) is 0.899. The molecule has 1 aromatic carbocycles. The molecule has 1 N–H and O–H groups in total. The van der Waals surface area contributed by atoms with Gasteiger partial charge in [0.15, 0.2) is 0 Å². The zero-order valence-corrected chi connectivity index (χ0v) is 13.4. The number of hydrogen-bond donors (Lipinski definition) is 1. The van der Waals surface area contributed by atoms with Crippen LogP contribution in [0.3, 0.4) is 0 Å². The molecule has 1 atom stereocenters. The standard InChI is InChI=1S/C15H23BrN2O/c1-3-14-11-18(7-8-19-14)13-6-5-12(10-17-4-2)15(16)9-13/h5-6,9,14,17H,3-4,7-8,10-11H2,1-2H3.